The predicted octanol–water partition coefficient (Wildman–Crippen LogP) is 25.7. The zero-order chi connectivity index (χ0) is 61.3. The third kappa shape index (κ3) is 71.3. The van der Waals surface area contributed by atoms with Crippen LogP contribution in [0.1, 0.15) is 444 Å². The van der Waals surface area contributed by atoms with E-state index in [-0.39, 0.29) is 18.5 Å². The summed E-state index contributed by atoms with van der Waals surface area (Å²) in [6.07, 6.45) is 95.7. The molecule has 0 fully saturated rings. The second kappa shape index (κ2) is 74.8. The molecule has 0 saturated carbocycles. The molecule has 3 N–H and O–H groups in total. The Labute approximate surface area is 532 Å². The molecule has 0 aromatic carbocycles. The number of allylic oxidation sites excluding steroid dienone is 4. The molecule has 0 rings (SSSR count). The minimum Gasteiger partial charge on any atom is -0.466 e. The average Bonchev–Trinajstić information content (AvgIpc) is 3.52. The molecule has 0 aromatic heterocycles. The van der Waals surface area contributed by atoms with Crippen LogP contribution in [0, 0.1) is 0 Å². The number of aliphatic hydroxyl groups excluding tert-OH is 2. The van der Waals surface area contributed by atoms with Crippen molar-refractivity contribution in [3.63, 3.8) is 0 Å². The molecule has 0 aliphatic heterocycles. The van der Waals surface area contributed by atoms with E-state index in [9.17, 15) is 19.8 Å². The number of hydrogen-bond donors (Lipinski definition) is 3. The van der Waals surface area contributed by atoms with Gasteiger partial charge in [-0.1, -0.05) is 398 Å². The lowest BCUT2D eigenvalue weighted by Gasteiger charge is -2.22. The van der Waals surface area contributed by atoms with Crippen LogP contribution in [0.4, 0.5) is 0 Å². The van der Waals surface area contributed by atoms with Crippen molar-refractivity contribution < 1.29 is 24.5 Å². The van der Waals surface area contributed by atoms with Gasteiger partial charge >= 0.3 is 5.97 Å². The number of carbonyl (C=O) groups is 2. The van der Waals surface area contributed by atoms with E-state index >= 15 is 0 Å². The first kappa shape index (κ1) is 83.3. The fourth-order valence-corrected chi connectivity index (χ4v) is 12.6. The van der Waals surface area contributed by atoms with Crippen LogP contribution < -0.4 is 5.32 Å². The lowest BCUT2D eigenvalue weighted by molar-refractivity contribution is -0.143. The van der Waals surface area contributed by atoms with Gasteiger partial charge in [0, 0.05) is 12.8 Å². The van der Waals surface area contributed by atoms with Gasteiger partial charge in [-0.05, 0) is 57.8 Å². The maximum absolute atomic E-state index is 12.5. The SMILES string of the molecule is CCCCC/C=C\C/C=C\CCCCCCCC(=O)OCCCCCCCCCCCCCCCCCCCCCCCCCCCCCCCCCCCCCCCCCC(=O)NC(CO)C(O)CCCCCCCCCCCCCCCC. The fraction of sp³-hybridized carbons (Fsp3) is 0.924. The summed E-state index contributed by atoms with van der Waals surface area (Å²) < 4.78 is 5.49. The Morgan fingerprint density at radius 3 is 0.918 bits per heavy atom. The highest BCUT2D eigenvalue weighted by atomic mass is 16.5. The first-order chi connectivity index (χ1) is 42.0. The normalized spacial score (nSPS) is 12.6. The van der Waals surface area contributed by atoms with Crippen LogP contribution in [0.5, 0.6) is 0 Å². The molecule has 0 aromatic rings. The second-order valence-electron chi connectivity index (χ2n) is 27.0. The Morgan fingerprint density at radius 2 is 0.588 bits per heavy atom. The van der Waals surface area contributed by atoms with Gasteiger partial charge in [0.25, 0.3) is 0 Å². The summed E-state index contributed by atoms with van der Waals surface area (Å²) in [6.45, 7) is 4.96. The smallest absolute Gasteiger partial charge is 0.305 e. The molecule has 0 bridgehead atoms. The lowest BCUT2D eigenvalue weighted by atomic mass is 10.0. The van der Waals surface area contributed by atoms with Gasteiger partial charge in [-0.25, -0.2) is 0 Å². The van der Waals surface area contributed by atoms with Crippen LogP contribution in [0.3, 0.4) is 0 Å². The fourth-order valence-electron chi connectivity index (χ4n) is 12.6. The molecule has 504 valence electrons. The predicted molar refractivity (Wildman–Crippen MR) is 375 cm³/mol. The van der Waals surface area contributed by atoms with Gasteiger partial charge in [0.05, 0.1) is 25.4 Å². The minimum absolute atomic E-state index is 0.0107. The Bertz CT molecular complexity index is 1330. The van der Waals surface area contributed by atoms with E-state index in [1.54, 1.807) is 0 Å². The maximum Gasteiger partial charge on any atom is 0.305 e. The number of nitrogens with one attached hydrogen (secondary N) is 1. The zero-order valence-electron chi connectivity index (χ0n) is 57.9. The van der Waals surface area contributed by atoms with Gasteiger partial charge in [0.1, 0.15) is 0 Å². The van der Waals surface area contributed by atoms with Crippen LogP contribution in [-0.4, -0.2) is 47.4 Å². The maximum atomic E-state index is 12.5. The first-order valence-electron chi connectivity index (χ1n) is 39.1. The van der Waals surface area contributed by atoms with Crippen molar-refractivity contribution in [1.29, 1.82) is 0 Å². The van der Waals surface area contributed by atoms with Crippen molar-refractivity contribution in [2.75, 3.05) is 13.2 Å². The highest BCUT2D eigenvalue weighted by Crippen LogP contribution is 2.20. The van der Waals surface area contributed by atoms with Crippen LogP contribution in [0.2, 0.25) is 0 Å². The number of carbonyl (C=O) groups excluding carboxylic acids is 2. The van der Waals surface area contributed by atoms with Gasteiger partial charge in [-0.15, -0.1) is 0 Å². The number of ether oxygens (including phenoxy) is 1. The number of amides is 1. The van der Waals surface area contributed by atoms with Crippen molar-refractivity contribution in [3.05, 3.63) is 24.3 Å². The van der Waals surface area contributed by atoms with Crippen LogP contribution in [0.15, 0.2) is 24.3 Å². The lowest BCUT2D eigenvalue weighted by Crippen LogP contribution is -2.45. The highest BCUT2D eigenvalue weighted by Gasteiger charge is 2.20. The Hall–Kier alpha value is -1.66. The number of esters is 1. The van der Waals surface area contributed by atoms with Crippen LogP contribution in [0.25, 0.3) is 0 Å². The van der Waals surface area contributed by atoms with E-state index in [4.69, 9.17) is 4.74 Å². The second-order valence-corrected chi connectivity index (χ2v) is 27.0. The molecule has 85 heavy (non-hydrogen) atoms. The molecule has 0 saturated heterocycles. The Balaban J connectivity index is 3.28. The molecule has 0 heterocycles. The zero-order valence-corrected chi connectivity index (χ0v) is 57.9. The van der Waals surface area contributed by atoms with Gasteiger partial charge in [0.15, 0.2) is 0 Å². The number of aliphatic hydroxyl groups is 2. The van der Waals surface area contributed by atoms with Crippen LogP contribution in [-0.2, 0) is 14.3 Å². The topological polar surface area (TPSA) is 95.9 Å². The summed E-state index contributed by atoms with van der Waals surface area (Å²) >= 11 is 0. The molecule has 0 radical (unpaired) electrons. The third-order valence-corrected chi connectivity index (χ3v) is 18.5. The van der Waals surface area contributed by atoms with Crippen molar-refractivity contribution in [1.82, 2.24) is 5.32 Å². The average molecular weight is 1200 g/mol. The summed E-state index contributed by atoms with van der Waals surface area (Å²) in [5.74, 6) is -0.0151. The van der Waals surface area contributed by atoms with Gasteiger partial charge in [-0.3, -0.25) is 9.59 Å². The molecule has 1 amide bonds. The molecule has 0 aliphatic carbocycles. The van der Waals surface area contributed by atoms with Crippen molar-refractivity contribution >= 4 is 11.9 Å². The summed E-state index contributed by atoms with van der Waals surface area (Å²) in [7, 11) is 0. The molecule has 2 unspecified atom stereocenters. The van der Waals surface area contributed by atoms with E-state index in [1.165, 1.54) is 360 Å². The summed E-state index contributed by atoms with van der Waals surface area (Å²) in [4.78, 5) is 24.6. The van der Waals surface area contributed by atoms with E-state index in [0.29, 0.717) is 25.9 Å². The summed E-state index contributed by atoms with van der Waals surface area (Å²) in [5, 5.41) is 23.3. The molecule has 0 spiro atoms. The van der Waals surface area contributed by atoms with Crippen molar-refractivity contribution in [2.24, 2.45) is 0 Å². The first-order valence-corrected chi connectivity index (χ1v) is 39.1. The number of hydrogen-bond acceptors (Lipinski definition) is 5. The highest BCUT2D eigenvalue weighted by molar-refractivity contribution is 5.76. The summed E-state index contributed by atoms with van der Waals surface area (Å²) in [5.41, 5.74) is 0. The molecule has 2 atom stereocenters. The van der Waals surface area contributed by atoms with E-state index in [1.807, 2.05) is 0 Å². The Kier molecular flexibility index (Phi) is 73.3. The van der Waals surface area contributed by atoms with Gasteiger partial charge in [-0.2, -0.15) is 0 Å². The molecule has 6 heteroatoms. The standard InChI is InChI=1S/C79H153NO5/c1-3-5-7-9-11-13-15-17-44-49-53-57-61-65-69-73-79(84)85-74-70-66-62-58-54-50-46-43-41-39-37-35-33-31-29-27-25-23-21-19-20-22-24-26-28-30-32-34-36-38-40-42-45-48-52-56-60-64-68-72-78(83)80-76(75-81)77(82)71-67-63-59-55-51-47-18-16-14-12-10-8-6-4-2/h11,13,17,44,76-77,81-82H,3-10,12,14-16,18-43,45-75H2,1-2H3,(H,80,83)/b13-11-,44-17-. The van der Waals surface area contributed by atoms with E-state index in [0.717, 1.165) is 51.4 Å². The van der Waals surface area contributed by atoms with Gasteiger partial charge < -0.3 is 20.3 Å². The molecule has 0 aliphatic rings. The number of unbranched alkanes of at least 4 members (excludes halogenated alkanes) is 59. The molecular formula is C79H153NO5. The Morgan fingerprint density at radius 1 is 0.329 bits per heavy atom. The van der Waals surface area contributed by atoms with E-state index < -0.39 is 12.1 Å². The number of rotatable bonds is 74. The molecule has 6 nitrogen and oxygen atoms in total. The van der Waals surface area contributed by atoms with E-state index in [2.05, 4.69) is 43.5 Å². The third-order valence-electron chi connectivity index (χ3n) is 18.5. The van der Waals surface area contributed by atoms with Crippen molar-refractivity contribution in [2.45, 2.75) is 456 Å². The van der Waals surface area contributed by atoms with Crippen LogP contribution >= 0.6 is 0 Å². The largest absolute Gasteiger partial charge is 0.466 e. The molecular weight excluding hydrogens is 1040 g/mol. The monoisotopic (exact) mass is 1200 g/mol. The quantitative estimate of drug-likeness (QED) is 0.0320. The summed E-state index contributed by atoms with van der Waals surface area (Å²) in [6, 6.07) is -0.536. The van der Waals surface area contributed by atoms with Gasteiger partial charge in [0.2, 0.25) is 5.91 Å². The van der Waals surface area contributed by atoms with Crippen molar-refractivity contribution in [3.8, 4) is 0 Å². The minimum atomic E-state index is -0.659.